The van der Waals surface area contributed by atoms with Crippen molar-refractivity contribution in [2.45, 2.75) is 38.8 Å². The van der Waals surface area contributed by atoms with E-state index < -0.39 is 34.5 Å². The Morgan fingerprint density at radius 2 is 1.96 bits per heavy atom. The fourth-order valence-electron chi connectivity index (χ4n) is 2.25. The highest BCUT2D eigenvalue weighted by molar-refractivity contribution is 7.83. The number of amides is 1. The van der Waals surface area contributed by atoms with Crippen LogP contribution >= 0.6 is 0 Å². The highest BCUT2D eigenvalue weighted by atomic mass is 32.2. The van der Waals surface area contributed by atoms with Gasteiger partial charge in [0.2, 0.25) is 11.9 Å². The molecule has 0 saturated carbocycles. The van der Waals surface area contributed by atoms with Gasteiger partial charge in [0.1, 0.15) is 12.4 Å². The van der Waals surface area contributed by atoms with Crippen LogP contribution in [0.3, 0.4) is 0 Å². The predicted molar refractivity (Wildman–Crippen MR) is 84.0 cm³/mol. The van der Waals surface area contributed by atoms with Gasteiger partial charge in [0.05, 0.1) is 27.3 Å². The zero-order valence-corrected chi connectivity index (χ0v) is 15.5. The number of esters is 1. The van der Waals surface area contributed by atoms with Gasteiger partial charge in [0.25, 0.3) is 0 Å². The van der Waals surface area contributed by atoms with Crippen molar-refractivity contribution in [2.24, 2.45) is 0 Å². The Bertz CT molecular complexity index is 716. The van der Waals surface area contributed by atoms with Crippen LogP contribution in [-0.2, 0) is 36.7 Å². The molecule has 1 rings (SSSR count). The zero-order valence-electron chi connectivity index (χ0n) is 14.7. The molecule has 0 bridgehead atoms. The summed E-state index contributed by atoms with van der Waals surface area (Å²) in [6.45, 7) is 3.33. The normalized spacial score (nSPS) is 13.8. The number of ether oxygens (including phenoxy) is 2. The van der Waals surface area contributed by atoms with E-state index in [2.05, 4.69) is 4.74 Å². The van der Waals surface area contributed by atoms with Crippen LogP contribution in [0, 0.1) is 0 Å². The van der Waals surface area contributed by atoms with Crippen LogP contribution in [0.25, 0.3) is 0 Å². The van der Waals surface area contributed by atoms with Crippen molar-refractivity contribution in [1.29, 1.82) is 0 Å². The summed E-state index contributed by atoms with van der Waals surface area (Å²) >= 11 is 0. The average molecular weight is 377 g/mol. The summed E-state index contributed by atoms with van der Waals surface area (Å²) in [4.78, 5) is 24.0. The van der Waals surface area contributed by atoms with E-state index in [0.29, 0.717) is 6.54 Å². The molecular weight excluding hydrogens is 354 g/mol. The number of nitrogens with zero attached hydrogens (tertiary/aromatic N) is 3. The molecule has 0 fully saturated rings. The molecule has 0 unspecified atom stereocenters. The first-order chi connectivity index (χ1) is 11.6. The van der Waals surface area contributed by atoms with Crippen molar-refractivity contribution in [3.63, 3.8) is 0 Å². The highest BCUT2D eigenvalue weighted by Gasteiger charge is 2.46. The molecule has 1 aromatic heterocycles. The van der Waals surface area contributed by atoms with Crippen LogP contribution < -0.4 is 4.57 Å². The molecule has 10 nitrogen and oxygen atoms in total. The lowest BCUT2D eigenvalue weighted by atomic mass is 10.0. The van der Waals surface area contributed by atoms with E-state index in [4.69, 9.17) is 4.74 Å². The molecule has 1 heterocycles. The van der Waals surface area contributed by atoms with Crippen molar-refractivity contribution < 1.29 is 36.6 Å². The first kappa shape index (κ1) is 20.9. The van der Waals surface area contributed by atoms with Crippen LogP contribution in [0.15, 0.2) is 18.7 Å². The smallest absolute Gasteiger partial charge is 0.422 e. The number of hydrogen-bond acceptors (Lipinski definition) is 7. The molecule has 0 spiro atoms. The fraction of sp³-hybridized carbons (Fsp3) is 0.643. The van der Waals surface area contributed by atoms with Gasteiger partial charge in [0, 0.05) is 0 Å². The molecule has 25 heavy (non-hydrogen) atoms. The predicted octanol–water partition coefficient (Wildman–Crippen LogP) is -0.00750. The molecule has 0 aliphatic rings. The number of methoxy groups -OCH3 is 2. The number of hydrogen-bond donors (Lipinski definition) is 0. The van der Waals surface area contributed by atoms with Gasteiger partial charge >= 0.3 is 12.1 Å². The summed E-state index contributed by atoms with van der Waals surface area (Å²) in [5.74, 6) is -0.816. The molecule has 1 atom stereocenters. The van der Waals surface area contributed by atoms with Crippen molar-refractivity contribution in [3.8, 4) is 0 Å². The number of unbranched alkanes of at least 4 members (excludes halogenated alkanes) is 1. The topological polar surface area (TPSA) is 122 Å². The van der Waals surface area contributed by atoms with Gasteiger partial charge in [-0.15, -0.1) is 0 Å². The van der Waals surface area contributed by atoms with Gasteiger partial charge < -0.3 is 14.0 Å². The molecule has 0 aliphatic carbocycles. The van der Waals surface area contributed by atoms with Gasteiger partial charge in [-0.3, -0.25) is 0 Å². The Morgan fingerprint density at radius 3 is 2.44 bits per heavy atom. The Morgan fingerprint density at radius 1 is 1.32 bits per heavy atom. The molecule has 11 heteroatoms. The van der Waals surface area contributed by atoms with Crippen LogP contribution in [0.4, 0.5) is 4.79 Å². The van der Waals surface area contributed by atoms with Crippen molar-refractivity contribution in [1.82, 2.24) is 8.87 Å². The molecule has 1 amide bonds. The standard InChI is InChI=1S/C14H23N3O7S/c1-5-6-7-15-8-9-16(11-15)14(2,12(18)23-3)10-17(13(19)24-4)25(20,21)22/h8-9,11H,5-7,10H2,1-4H3/t14-/m0/s1. The van der Waals surface area contributed by atoms with E-state index in [0.717, 1.165) is 27.1 Å². The molecule has 142 valence electrons. The second kappa shape index (κ2) is 8.30. The summed E-state index contributed by atoms with van der Waals surface area (Å²) in [7, 11) is -3.12. The Labute approximate surface area is 146 Å². The lowest BCUT2D eigenvalue weighted by Crippen LogP contribution is -2.52. The summed E-state index contributed by atoms with van der Waals surface area (Å²) in [6.07, 6.45) is 5.32. The van der Waals surface area contributed by atoms with Gasteiger partial charge in [0.15, 0.2) is 10.3 Å². The van der Waals surface area contributed by atoms with E-state index in [1.54, 1.807) is 23.3 Å². The van der Waals surface area contributed by atoms with E-state index >= 15 is 0 Å². The van der Waals surface area contributed by atoms with Crippen LogP contribution in [0.5, 0.6) is 0 Å². The van der Waals surface area contributed by atoms with Crippen LogP contribution in [-0.4, -0.2) is 54.7 Å². The average Bonchev–Trinajstić information content (AvgIpc) is 3.04. The Hall–Kier alpha value is -2.14. The number of imidazole rings is 1. The summed E-state index contributed by atoms with van der Waals surface area (Å²) < 4.78 is 46.4. The SMILES string of the molecule is CCCC[n+]1ccn([C@@](C)(CN(C(=O)OC)S(=O)(=O)[O-])C(=O)OC)c1. The van der Waals surface area contributed by atoms with Crippen molar-refractivity contribution >= 4 is 22.4 Å². The molecule has 0 aliphatic heterocycles. The lowest BCUT2D eigenvalue weighted by molar-refractivity contribution is -0.697. The quantitative estimate of drug-likeness (QED) is 0.355. The molecule has 0 saturated heterocycles. The third kappa shape index (κ3) is 4.92. The highest BCUT2D eigenvalue weighted by Crippen LogP contribution is 2.21. The first-order valence-electron chi connectivity index (χ1n) is 7.57. The van der Waals surface area contributed by atoms with E-state index in [9.17, 15) is 22.6 Å². The van der Waals surface area contributed by atoms with Crippen LogP contribution in [0.2, 0.25) is 0 Å². The van der Waals surface area contributed by atoms with Gasteiger partial charge in [-0.1, -0.05) is 13.3 Å². The summed E-state index contributed by atoms with van der Waals surface area (Å²) in [5.41, 5.74) is -1.64. The third-order valence-corrected chi connectivity index (χ3v) is 4.57. The van der Waals surface area contributed by atoms with Crippen molar-refractivity contribution in [3.05, 3.63) is 18.7 Å². The molecular formula is C14H23N3O7S. The molecule has 0 radical (unpaired) electrons. The van der Waals surface area contributed by atoms with Gasteiger partial charge in [-0.2, -0.15) is 0 Å². The van der Waals surface area contributed by atoms with E-state index in [1.165, 1.54) is 11.5 Å². The maximum atomic E-state index is 12.3. The minimum Gasteiger partial charge on any atom is -0.731 e. The second-order valence-corrected chi connectivity index (χ2v) is 6.91. The lowest BCUT2D eigenvalue weighted by Gasteiger charge is -2.31. The molecule has 0 aromatic carbocycles. The minimum absolute atomic E-state index is 0.0414. The monoisotopic (exact) mass is 377 g/mol. The number of carbonyl (C=O) groups excluding carboxylic acids is 2. The zero-order chi connectivity index (χ0) is 19.3. The largest absolute Gasteiger partial charge is 0.731 e. The number of aryl methyl sites for hydroxylation is 1. The first-order valence-corrected chi connectivity index (χ1v) is 8.94. The maximum absolute atomic E-state index is 12.3. The van der Waals surface area contributed by atoms with Crippen LogP contribution in [0.1, 0.15) is 26.7 Å². The van der Waals surface area contributed by atoms with Gasteiger partial charge in [-0.25, -0.2) is 31.4 Å². The van der Waals surface area contributed by atoms with Gasteiger partial charge in [-0.05, 0) is 13.3 Å². The van der Waals surface area contributed by atoms with Crippen molar-refractivity contribution in [2.75, 3.05) is 20.8 Å². The Kier molecular flexibility index (Phi) is 6.94. The number of carbonyl (C=O) groups is 2. The Balaban J connectivity index is 3.28. The van der Waals surface area contributed by atoms with E-state index in [-0.39, 0.29) is 4.31 Å². The number of aromatic nitrogens is 2. The minimum atomic E-state index is -5.19. The molecule has 1 aromatic rings. The third-order valence-electron chi connectivity index (χ3n) is 3.76. The summed E-state index contributed by atoms with van der Waals surface area (Å²) in [6, 6.07) is 0. The fourth-order valence-corrected chi connectivity index (χ4v) is 2.91. The summed E-state index contributed by atoms with van der Waals surface area (Å²) in [5, 5.41) is 0. The number of rotatable bonds is 8. The second-order valence-electron chi connectivity index (χ2n) is 5.61. The maximum Gasteiger partial charge on any atom is 0.422 e. The molecule has 0 N–H and O–H groups in total. The van der Waals surface area contributed by atoms with E-state index in [1.807, 2.05) is 6.92 Å².